The molecule has 0 aliphatic carbocycles. The van der Waals surface area contributed by atoms with E-state index in [0.29, 0.717) is 27.8 Å². The number of nitrogens with one attached hydrogen (secondary N) is 1. The molecule has 1 amide bonds. The van der Waals surface area contributed by atoms with Crippen molar-refractivity contribution >= 4 is 44.8 Å². The Hall–Kier alpha value is -4.92. The molecule has 6 rings (SSSR count). The van der Waals surface area contributed by atoms with Gasteiger partial charge >= 0.3 is 16.7 Å². The summed E-state index contributed by atoms with van der Waals surface area (Å²) >= 11 is 0. The largest absolute Gasteiger partial charge is 0.403 e. The second-order valence-electron chi connectivity index (χ2n) is 7.99. The molecule has 0 saturated carbocycles. The lowest BCUT2D eigenvalue weighted by molar-refractivity contribution is -0.116. The number of nitrogens with two attached hydrogens (primary N) is 1. The number of benzene rings is 3. The lowest BCUT2D eigenvalue weighted by Crippen LogP contribution is -2.37. The number of amides is 1. The zero-order chi connectivity index (χ0) is 23.6. The summed E-state index contributed by atoms with van der Waals surface area (Å²) in [5.41, 5.74) is 5.90. The molecule has 0 saturated heterocycles. The summed E-state index contributed by atoms with van der Waals surface area (Å²) in [5.74, 6) is -0.490. The van der Waals surface area contributed by atoms with Crippen LogP contribution in [0, 0.1) is 0 Å². The summed E-state index contributed by atoms with van der Waals surface area (Å²) < 4.78 is 6.72. The number of rotatable bonds is 2. The van der Waals surface area contributed by atoms with Crippen molar-refractivity contribution in [2.24, 2.45) is 0 Å². The van der Waals surface area contributed by atoms with Crippen LogP contribution in [-0.2, 0) is 11.2 Å². The van der Waals surface area contributed by atoms with Gasteiger partial charge in [-0.1, -0.05) is 30.3 Å². The monoisotopic (exact) mass is 452 g/mol. The number of aromatic amines is 1. The molecular formula is C25H16N4O5. The molecule has 0 radical (unpaired) electrons. The van der Waals surface area contributed by atoms with Gasteiger partial charge in [-0.05, 0) is 42.0 Å². The first kappa shape index (κ1) is 19.7. The van der Waals surface area contributed by atoms with Crippen LogP contribution in [-0.4, -0.2) is 15.5 Å². The molecule has 3 heterocycles. The number of nitrogen functional groups attached to an aromatic ring is 1. The van der Waals surface area contributed by atoms with E-state index in [1.165, 1.54) is 11.0 Å². The molecule has 0 bridgehead atoms. The summed E-state index contributed by atoms with van der Waals surface area (Å²) in [7, 11) is 0. The first-order chi connectivity index (χ1) is 16.4. The number of carbonyl (C=O) groups excluding carboxylic acids is 1. The van der Waals surface area contributed by atoms with Gasteiger partial charge in [-0.2, -0.15) is 0 Å². The van der Waals surface area contributed by atoms with Gasteiger partial charge in [0.2, 0.25) is 11.8 Å². The van der Waals surface area contributed by atoms with Gasteiger partial charge in [0, 0.05) is 11.1 Å². The number of carbonyl (C=O) groups is 1. The minimum absolute atomic E-state index is 0.135. The van der Waals surface area contributed by atoms with E-state index in [2.05, 4.69) is 4.98 Å². The standard InChI is InChI=1S/C25H16N4O5/c26-14-9-10-15-16(12-14)25(33)34-24(21(15)28-18-7-3-1-5-13(18)11-20(28)30)29-19-8-4-2-6-17(19)27-22(31)23(29)32/h1-10,12H,11,26H2,(H,27,31). The van der Waals surface area contributed by atoms with Gasteiger partial charge in [-0.3, -0.25) is 19.3 Å². The molecule has 0 atom stereocenters. The quantitative estimate of drug-likeness (QED) is 0.313. The highest BCUT2D eigenvalue weighted by atomic mass is 16.4. The molecule has 0 spiro atoms. The lowest BCUT2D eigenvalue weighted by Gasteiger charge is -2.23. The predicted octanol–water partition coefficient (Wildman–Crippen LogP) is 2.59. The van der Waals surface area contributed by atoms with Crippen LogP contribution in [0.2, 0.25) is 0 Å². The average molecular weight is 452 g/mol. The van der Waals surface area contributed by atoms with E-state index < -0.39 is 16.7 Å². The summed E-state index contributed by atoms with van der Waals surface area (Å²) in [6, 6.07) is 18.5. The lowest BCUT2D eigenvalue weighted by atomic mass is 10.1. The topological polar surface area (TPSA) is 131 Å². The smallest absolute Gasteiger partial charge is 0.345 e. The van der Waals surface area contributed by atoms with Crippen LogP contribution >= 0.6 is 0 Å². The Morgan fingerprint density at radius 3 is 2.50 bits per heavy atom. The SMILES string of the molecule is Nc1ccc2c(N3C(=O)Cc4ccccc43)c(-n3c(=O)c(=O)[nH]c4ccccc43)oc(=O)c2c1. The minimum Gasteiger partial charge on any atom is -0.403 e. The Bertz CT molecular complexity index is 1850. The molecular weight excluding hydrogens is 436 g/mol. The van der Waals surface area contributed by atoms with Crippen molar-refractivity contribution in [3.8, 4) is 5.88 Å². The molecule has 3 N–H and O–H groups in total. The van der Waals surface area contributed by atoms with Crippen LogP contribution in [0.1, 0.15) is 5.56 Å². The van der Waals surface area contributed by atoms with Crippen LogP contribution in [0.25, 0.3) is 27.7 Å². The fraction of sp³-hybridized carbons (Fsp3) is 0.0400. The number of hydrogen-bond donors (Lipinski definition) is 2. The average Bonchev–Trinajstić information content (AvgIpc) is 3.16. The number of nitrogens with zero attached hydrogens (tertiary/aromatic N) is 2. The normalized spacial score (nSPS) is 13.1. The number of aromatic nitrogens is 2. The van der Waals surface area contributed by atoms with Crippen molar-refractivity contribution in [2.45, 2.75) is 6.42 Å². The number of para-hydroxylation sites is 3. The summed E-state index contributed by atoms with van der Waals surface area (Å²) in [6.07, 6.45) is 0.135. The van der Waals surface area contributed by atoms with Crippen molar-refractivity contribution in [2.75, 3.05) is 10.6 Å². The van der Waals surface area contributed by atoms with Crippen molar-refractivity contribution in [3.63, 3.8) is 0 Å². The molecule has 34 heavy (non-hydrogen) atoms. The van der Waals surface area contributed by atoms with Crippen LogP contribution in [0.5, 0.6) is 0 Å². The Balaban J connectivity index is 1.83. The number of hydrogen-bond acceptors (Lipinski definition) is 6. The van der Waals surface area contributed by atoms with Gasteiger partial charge in [-0.25, -0.2) is 9.36 Å². The van der Waals surface area contributed by atoms with Crippen LogP contribution < -0.4 is 27.4 Å². The van der Waals surface area contributed by atoms with E-state index in [-0.39, 0.29) is 29.3 Å². The van der Waals surface area contributed by atoms with Crippen molar-refractivity contribution in [1.29, 1.82) is 0 Å². The van der Waals surface area contributed by atoms with Crippen LogP contribution in [0.15, 0.2) is 85.5 Å². The molecule has 1 aliphatic heterocycles. The molecule has 3 aromatic carbocycles. The van der Waals surface area contributed by atoms with Gasteiger partial charge in [-0.15, -0.1) is 0 Å². The Labute approximate surface area is 190 Å². The van der Waals surface area contributed by atoms with E-state index in [1.807, 2.05) is 12.1 Å². The van der Waals surface area contributed by atoms with Gasteiger partial charge in [0.05, 0.1) is 28.5 Å². The van der Waals surface area contributed by atoms with Gasteiger partial charge in [0.15, 0.2) is 0 Å². The molecule has 9 nitrogen and oxygen atoms in total. The minimum atomic E-state index is -0.946. The van der Waals surface area contributed by atoms with Gasteiger partial charge in [0.1, 0.15) is 5.69 Å². The van der Waals surface area contributed by atoms with E-state index in [1.54, 1.807) is 48.5 Å². The number of anilines is 3. The first-order valence-electron chi connectivity index (χ1n) is 10.5. The Morgan fingerprint density at radius 1 is 0.882 bits per heavy atom. The van der Waals surface area contributed by atoms with Crippen LogP contribution in [0.3, 0.4) is 0 Å². The second kappa shape index (κ2) is 7.04. The highest BCUT2D eigenvalue weighted by Gasteiger charge is 2.34. The summed E-state index contributed by atoms with van der Waals surface area (Å²) in [4.78, 5) is 55.9. The third-order valence-corrected chi connectivity index (χ3v) is 5.95. The predicted molar refractivity (Wildman–Crippen MR) is 128 cm³/mol. The fourth-order valence-corrected chi connectivity index (χ4v) is 4.47. The summed E-state index contributed by atoms with van der Waals surface area (Å²) in [5, 5.41) is 0.514. The first-order valence-corrected chi connectivity index (χ1v) is 10.5. The zero-order valence-corrected chi connectivity index (χ0v) is 17.6. The second-order valence-corrected chi connectivity index (χ2v) is 7.99. The van der Waals surface area contributed by atoms with Gasteiger partial charge in [0.25, 0.3) is 0 Å². The number of fused-ring (bicyclic) bond motifs is 3. The van der Waals surface area contributed by atoms with E-state index >= 15 is 0 Å². The van der Waals surface area contributed by atoms with E-state index in [9.17, 15) is 19.2 Å². The highest BCUT2D eigenvalue weighted by molar-refractivity contribution is 6.14. The molecule has 9 heteroatoms. The molecule has 2 aromatic heterocycles. The molecule has 5 aromatic rings. The van der Waals surface area contributed by atoms with Crippen LogP contribution in [0.4, 0.5) is 17.1 Å². The van der Waals surface area contributed by atoms with E-state index in [4.69, 9.17) is 10.2 Å². The third kappa shape index (κ3) is 2.73. The van der Waals surface area contributed by atoms with Crippen molar-refractivity contribution in [1.82, 2.24) is 9.55 Å². The molecule has 166 valence electrons. The van der Waals surface area contributed by atoms with Gasteiger partial charge < -0.3 is 15.1 Å². The maximum atomic E-state index is 13.3. The molecule has 0 fully saturated rings. The third-order valence-electron chi connectivity index (χ3n) is 5.95. The molecule has 0 unspecified atom stereocenters. The zero-order valence-electron chi connectivity index (χ0n) is 17.6. The maximum absolute atomic E-state index is 13.3. The van der Waals surface area contributed by atoms with Crippen molar-refractivity contribution in [3.05, 3.63) is 103 Å². The Kier molecular flexibility index (Phi) is 4.09. The number of H-pyrrole nitrogens is 1. The maximum Gasteiger partial charge on any atom is 0.345 e. The van der Waals surface area contributed by atoms with Crippen molar-refractivity contribution < 1.29 is 9.21 Å². The fourth-order valence-electron chi connectivity index (χ4n) is 4.47. The molecule has 1 aliphatic rings. The summed E-state index contributed by atoms with van der Waals surface area (Å²) in [6.45, 7) is 0. The Morgan fingerprint density at radius 2 is 1.65 bits per heavy atom. The highest BCUT2D eigenvalue weighted by Crippen LogP contribution is 2.42. The van der Waals surface area contributed by atoms with E-state index in [0.717, 1.165) is 10.1 Å².